The summed E-state index contributed by atoms with van der Waals surface area (Å²) >= 11 is 0. The van der Waals surface area contributed by atoms with Crippen LogP contribution in [-0.2, 0) is 11.3 Å². The number of aromatic nitrogens is 4. The topological polar surface area (TPSA) is 64.3 Å². The van der Waals surface area contributed by atoms with E-state index < -0.39 is 0 Å². The van der Waals surface area contributed by atoms with Crippen LogP contribution in [0.5, 0.6) is 0 Å². The van der Waals surface area contributed by atoms with Crippen LogP contribution in [0.3, 0.4) is 0 Å². The van der Waals surface area contributed by atoms with Crippen LogP contribution in [0.25, 0.3) is 17.0 Å². The Labute approximate surface area is 173 Å². The predicted octanol–water partition coefficient (Wildman–Crippen LogP) is 5.13. The van der Waals surface area contributed by atoms with E-state index in [9.17, 15) is 4.39 Å². The summed E-state index contributed by atoms with van der Waals surface area (Å²) in [6, 6.07) is 18.1. The van der Waals surface area contributed by atoms with Crippen molar-refractivity contribution in [1.82, 2.24) is 19.8 Å². The van der Waals surface area contributed by atoms with E-state index in [-0.39, 0.29) is 5.82 Å². The van der Waals surface area contributed by atoms with E-state index in [1.807, 2.05) is 24.3 Å². The van der Waals surface area contributed by atoms with Crippen molar-refractivity contribution in [2.75, 3.05) is 5.32 Å². The molecular formula is C23H22FN5O. The van der Waals surface area contributed by atoms with Crippen molar-refractivity contribution >= 4 is 17.2 Å². The molecule has 0 amide bonds. The molecule has 1 aliphatic rings. The highest BCUT2D eigenvalue weighted by atomic mass is 19.1. The Bertz CT molecular complexity index is 1150. The van der Waals surface area contributed by atoms with Crippen molar-refractivity contribution in [3.8, 4) is 11.4 Å². The van der Waals surface area contributed by atoms with E-state index in [1.54, 1.807) is 16.6 Å². The highest BCUT2D eigenvalue weighted by Gasteiger charge is 2.15. The second-order valence-corrected chi connectivity index (χ2v) is 7.56. The molecule has 4 aromatic rings. The highest BCUT2D eigenvalue weighted by molar-refractivity contribution is 5.61. The first-order valence-corrected chi connectivity index (χ1v) is 10.2. The SMILES string of the molecule is Fc1cccc(-c2nnc3ccc(Nc4ccc(COC5CCCC5)cc4)nn23)c1. The van der Waals surface area contributed by atoms with Gasteiger partial charge < -0.3 is 10.1 Å². The quantitative estimate of drug-likeness (QED) is 0.483. The Morgan fingerprint density at radius 2 is 1.83 bits per heavy atom. The number of halogens is 1. The van der Waals surface area contributed by atoms with E-state index in [1.165, 1.54) is 37.8 Å². The molecular weight excluding hydrogens is 381 g/mol. The molecule has 1 saturated carbocycles. The predicted molar refractivity (Wildman–Crippen MR) is 113 cm³/mol. The number of ether oxygens (including phenoxy) is 1. The number of nitrogens with one attached hydrogen (secondary N) is 1. The smallest absolute Gasteiger partial charge is 0.185 e. The molecule has 152 valence electrons. The lowest BCUT2D eigenvalue weighted by molar-refractivity contribution is 0.0457. The van der Waals surface area contributed by atoms with Gasteiger partial charge in [0.1, 0.15) is 5.82 Å². The van der Waals surface area contributed by atoms with Crippen LogP contribution in [0.2, 0.25) is 0 Å². The molecule has 0 spiro atoms. The summed E-state index contributed by atoms with van der Waals surface area (Å²) < 4.78 is 21.2. The van der Waals surface area contributed by atoms with Crippen LogP contribution in [0.4, 0.5) is 15.9 Å². The van der Waals surface area contributed by atoms with E-state index >= 15 is 0 Å². The van der Waals surface area contributed by atoms with E-state index in [0.29, 0.717) is 35.6 Å². The van der Waals surface area contributed by atoms with Crippen molar-refractivity contribution in [1.29, 1.82) is 0 Å². The number of rotatable bonds is 6. The molecule has 0 bridgehead atoms. The molecule has 0 saturated heterocycles. The first-order valence-electron chi connectivity index (χ1n) is 10.2. The maximum absolute atomic E-state index is 13.6. The van der Waals surface area contributed by atoms with Gasteiger partial charge >= 0.3 is 0 Å². The van der Waals surface area contributed by atoms with Crippen LogP contribution in [0.1, 0.15) is 31.2 Å². The standard InChI is InChI=1S/C23H22FN5O/c24-18-5-3-4-17(14-18)23-27-26-22-13-12-21(28-29(22)23)25-19-10-8-16(9-11-19)15-30-20-6-1-2-7-20/h3-5,8-14,20H,1-2,6-7,15H2,(H,25,28). The van der Waals surface area contributed by atoms with Crippen molar-refractivity contribution in [3.05, 3.63) is 72.0 Å². The molecule has 1 N–H and O–H groups in total. The lowest BCUT2D eigenvalue weighted by Crippen LogP contribution is -2.07. The van der Waals surface area contributed by atoms with Gasteiger partial charge in [0.15, 0.2) is 17.3 Å². The van der Waals surface area contributed by atoms with Crippen molar-refractivity contribution < 1.29 is 9.13 Å². The van der Waals surface area contributed by atoms with Gasteiger partial charge in [0.2, 0.25) is 0 Å². The van der Waals surface area contributed by atoms with Gasteiger partial charge in [-0.3, -0.25) is 0 Å². The minimum Gasteiger partial charge on any atom is -0.374 e. The zero-order chi connectivity index (χ0) is 20.3. The fourth-order valence-electron chi connectivity index (χ4n) is 3.76. The molecule has 0 radical (unpaired) electrons. The van der Waals surface area contributed by atoms with E-state index in [4.69, 9.17) is 4.74 Å². The molecule has 5 rings (SSSR count). The largest absolute Gasteiger partial charge is 0.374 e. The molecule has 2 aromatic heterocycles. The zero-order valence-corrected chi connectivity index (χ0v) is 16.5. The fraction of sp³-hybridized carbons (Fsp3) is 0.261. The third-order valence-electron chi connectivity index (χ3n) is 5.36. The summed E-state index contributed by atoms with van der Waals surface area (Å²) in [7, 11) is 0. The number of benzene rings is 2. The second kappa shape index (κ2) is 8.20. The molecule has 0 atom stereocenters. The molecule has 30 heavy (non-hydrogen) atoms. The second-order valence-electron chi connectivity index (χ2n) is 7.56. The number of hydrogen-bond donors (Lipinski definition) is 1. The van der Waals surface area contributed by atoms with Crippen molar-refractivity contribution in [2.24, 2.45) is 0 Å². The zero-order valence-electron chi connectivity index (χ0n) is 16.5. The molecule has 0 unspecified atom stereocenters. The van der Waals surface area contributed by atoms with Crippen LogP contribution < -0.4 is 5.32 Å². The molecule has 6 nitrogen and oxygen atoms in total. The molecule has 1 fully saturated rings. The van der Waals surface area contributed by atoms with Crippen LogP contribution >= 0.6 is 0 Å². The minimum absolute atomic E-state index is 0.324. The molecule has 0 aliphatic heterocycles. The van der Waals surface area contributed by atoms with Gasteiger partial charge in [-0.15, -0.1) is 15.3 Å². The van der Waals surface area contributed by atoms with Gasteiger partial charge in [-0.25, -0.2) is 4.39 Å². The summed E-state index contributed by atoms with van der Waals surface area (Å²) in [6.45, 7) is 0.646. The van der Waals surface area contributed by atoms with E-state index in [2.05, 4.69) is 32.7 Å². The lowest BCUT2D eigenvalue weighted by Gasteiger charge is -2.11. The van der Waals surface area contributed by atoms with Crippen molar-refractivity contribution in [3.63, 3.8) is 0 Å². The Morgan fingerprint density at radius 1 is 1.00 bits per heavy atom. The maximum atomic E-state index is 13.6. The summed E-state index contributed by atoms with van der Waals surface area (Å²) in [5, 5.41) is 16.2. The maximum Gasteiger partial charge on any atom is 0.185 e. The van der Waals surface area contributed by atoms with Crippen LogP contribution in [0, 0.1) is 5.82 Å². The third-order valence-corrected chi connectivity index (χ3v) is 5.36. The fourth-order valence-corrected chi connectivity index (χ4v) is 3.76. The number of hydrogen-bond acceptors (Lipinski definition) is 5. The summed E-state index contributed by atoms with van der Waals surface area (Å²) in [5.74, 6) is 0.818. The van der Waals surface area contributed by atoms with Gasteiger partial charge in [0.25, 0.3) is 0 Å². The van der Waals surface area contributed by atoms with Crippen molar-refractivity contribution in [2.45, 2.75) is 38.4 Å². The normalized spacial score (nSPS) is 14.4. The monoisotopic (exact) mass is 403 g/mol. The number of fused-ring (bicyclic) bond motifs is 1. The van der Waals surface area contributed by atoms with Crippen LogP contribution in [0.15, 0.2) is 60.7 Å². The Kier molecular flexibility index (Phi) is 5.11. The first-order chi connectivity index (χ1) is 14.7. The van der Waals surface area contributed by atoms with Gasteiger partial charge in [0, 0.05) is 11.3 Å². The molecule has 1 aliphatic carbocycles. The Balaban J connectivity index is 1.32. The summed E-state index contributed by atoms with van der Waals surface area (Å²) in [6.07, 6.45) is 5.31. The van der Waals surface area contributed by atoms with Gasteiger partial charge in [-0.05, 0) is 54.8 Å². The number of nitrogens with zero attached hydrogens (tertiary/aromatic N) is 4. The van der Waals surface area contributed by atoms with Gasteiger partial charge in [0.05, 0.1) is 12.7 Å². The minimum atomic E-state index is -0.324. The lowest BCUT2D eigenvalue weighted by atomic mass is 10.2. The Hall–Kier alpha value is -3.32. The third kappa shape index (κ3) is 4.02. The first kappa shape index (κ1) is 18.7. The van der Waals surface area contributed by atoms with Gasteiger partial charge in [-0.1, -0.05) is 37.1 Å². The highest BCUT2D eigenvalue weighted by Crippen LogP contribution is 2.23. The average molecular weight is 403 g/mol. The van der Waals surface area contributed by atoms with Gasteiger partial charge in [-0.2, -0.15) is 4.52 Å². The molecule has 2 heterocycles. The average Bonchev–Trinajstić information content (AvgIpc) is 3.43. The molecule has 7 heteroatoms. The number of anilines is 2. The summed E-state index contributed by atoms with van der Waals surface area (Å²) in [5.41, 5.74) is 3.30. The van der Waals surface area contributed by atoms with E-state index in [0.717, 1.165) is 11.3 Å². The van der Waals surface area contributed by atoms with Crippen LogP contribution in [-0.4, -0.2) is 25.9 Å². The summed E-state index contributed by atoms with van der Waals surface area (Å²) in [4.78, 5) is 0. The Morgan fingerprint density at radius 3 is 2.63 bits per heavy atom. The molecule has 2 aromatic carbocycles.